The maximum absolute atomic E-state index is 11.6. The van der Waals surface area contributed by atoms with Crippen LogP contribution >= 0.6 is 0 Å². The Bertz CT molecular complexity index is 675. The molecule has 0 aliphatic heterocycles. The van der Waals surface area contributed by atoms with Crippen molar-refractivity contribution in [3.8, 4) is 11.5 Å². The number of amides is 1. The molecule has 0 saturated carbocycles. The van der Waals surface area contributed by atoms with Gasteiger partial charge in [0, 0.05) is 6.54 Å². The van der Waals surface area contributed by atoms with Crippen molar-refractivity contribution in [3.63, 3.8) is 0 Å². The summed E-state index contributed by atoms with van der Waals surface area (Å²) in [6, 6.07) is 15.8. The lowest BCUT2D eigenvalue weighted by atomic mass is 10.1. The lowest BCUT2D eigenvalue weighted by molar-refractivity contribution is 0.0528. The summed E-state index contributed by atoms with van der Waals surface area (Å²) >= 11 is 0. The number of hydrogen-bond acceptors (Lipinski definition) is 3. The SMILES string of the molecule is Cc1cc(CCNC(=O)OC(C)(C)C)ccc1Oc1ccccc1. The van der Waals surface area contributed by atoms with Gasteiger partial charge in [-0.05, 0) is 63.4 Å². The van der Waals surface area contributed by atoms with E-state index >= 15 is 0 Å². The normalized spacial score (nSPS) is 11.0. The molecule has 2 rings (SSSR count). The van der Waals surface area contributed by atoms with Crippen LogP contribution in [0.2, 0.25) is 0 Å². The van der Waals surface area contributed by atoms with Crippen LogP contribution in [0.5, 0.6) is 11.5 Å². The molecule has 0 aromatic heterocycles. The first-order valence-electron chi connectivity index (χ1n) is 8.13. The number of benzene rings is 2. The smallest absolute Gasteiger partial charge is 0.407 e. The largest absolute Gasteiger partial charge is 0.457 e. The number of para-hydroxylation sites is 1. The van der Waals surface area contributed by atoms with Gasteiger partial charge in [0.05, 0.1) is 0 Å². The molecule has 0 fully saturated rings. The van der Waals surface area contributed by atoms with Crippen molar-refractivity contribution in [1.82, 2.24) is 5.32 Å². The lowest BCUT2D eigenvalue weighted by Crippen LogP contribution is -2.33. The van der Waals surface area contributed by atoms with E-state index in [2.05, 4.69) is 11.4 Å². The molecule has 4 heteroatoms. The predicted molar refractivity (Wildman–Crippen MR) is 95.6 cm³/mol. The van der Waals surface area contributed by atoms with E-state index in [0.717, 1.165) is 29.0 Å². The molecule has 0 unspecified atom stereocenters. The van der Waals surface area contributed by atoms with Crippen LogP contribution in [0, 0.1) is 6.92 Å². The Morgan fingerprint density at radius 1 is 1.08 bits per heavy atom. The summed E-state index contributed by atoms with van der Waals surface area (Å²) in [5, 5.41) is 2.77. The maximum atomic E-state index is 11.6. The topological polar surface area (TPSA) is 47.6 Å². The molecule has 0 aliphatic carbocycles. The molecule has 1 amide bonds. The van der Waals surface area contributed by atoms with E-state index < -0.39 is 5.60 Å². The number of alkyl carbamates (subject to hydrolysis) is 1. The fraction of sp³-hybridized carbons (Fsp3) is 0.350. The average Bonchev–Trinajstić information content (AvgIpc) is 2.49. The molecule has 0 saturated heterocycles. The number of hydrogen-bond donors (Lipinski definition) is 1. The van der Waals surface area contributed by atoms with Gasteiger partial charge in [-0.2, -0.15) is 0 Å². The van der Waals surface area contributed by atoms with Crippen molar-refractivity contribution in [1.29, 1.82) is 0 Å². The molecule has 4 nitrogen and oxygen atoms in total. The Morgan fingerprint density at radius 2 is 1.79 bits per heavy atom. The van der Waals surface area contributed by atoms with Crippen LogP contribution in [-0.4, -0.2) is 18.2 Å². The summed E-state index contributed by atoms with van der Waals surface area (Å²) in [5.74, 6) is 1.66. The van der Waals surface area contributed by atoms with Gasteiger partial charge in [-0.3, -0.25) is 0 Å². The Labute approximate surface area is 143 Å². The molecular weight excluding hydrogens is 302 g/mol. The van der Waals surface area contributed by atoms with Gasteiger partial charge in [0.1, 0.15) is 17.1 Å². The Kier molecular flexibility index (Phi) is 5.85. The lowest BCUT2D eigenvalue weighted by Gasteiger charge is -2.19. The molecule has 0 heterocycles. The zero-order valence-corrected chi connectivity index (χ0v) is 14.8. The quantitative estimate of drug-likeness (QED) is 0.853. The molecule has 1 N–H and O–H groups in total. The summed E-state index contributed by atoms with van der Waals surface area (Å²) in [6.45, 7) is 8.10. The minimum atomic E-state index is -0.475. The summed E-state index contributed by atoms with van der Waals surface area (Å²) in [6.07, 6.45) is 0.356. The fourth-order valence-corrected chi connectivity index (χ4v) is 2.22. The van der Waals surface area contributed by atoms with Gasteiger partial charge in [0.15, 0.2) is 0 Å². The Balaban J connectivity index is 1.87. The maximum Gasteiger partial charge on any atom is 0.407 e. The van der Waals surface area contributed by atoms with Gasteiger partial charge < -0.3 is 14.8 Å². The highest BCUT2D eigenvalue weighted by Crippen LogP contribution is 2.25. The molecular formula is C20H25NO3. The first-order chi connectivity index (χ1) is 11.3. The molecule has 24 heavy (non-hydrogen) atoms. The standard InChI is InChI=1S/C20H25NO3/c1-15-14-16(12-13-21-19(22)24-20(2,3)4)10-11-18(15)23-17-8-6-5-7-9-17/h5-11,14H,12-13H2,1-4H3,(H,21,22). The van der Waals surface area contributed by atoms with E-state index in [0.29, 0.717) is 6.54 Å². The summed E-state index contributed by atoms with van der Waals surface area (Å²) in [7, 11) is 0. The molecule has 0 bridgehead atoms. The van der Waals surface area contributed by atoms with Gasteiger partial charge in [0.25, 0.3) is 0 Å². The van der Waals surface area contributed by atoms with Gasteiger partial charge in [-0.15, -0.1) is 0 Å². The highest BCUT2D eigenvalue weighted by atomic mass is 16.6. The van der Waals surface area contributed by atoms with E-state index in [1.807, 2.05) is 70.2 Å². The van der Waals surface area contributed by atoms with Crippen LogP contribution < -0.4 is 10.1 Å². The number of rotatable bonds is 5. The van der Waals surface area contributed by atoms with Crippen molar-refractivity contribution in [2.75, 3.05) is 6.54 Å². The zero-order chi connectivity index (χ0) is 17.6. The highest BCUT2D eigenvalue weighted by molar-refractivity contribution is 5.67. The average molecular weight is 327 g/mol. The van der Waals surface area contributed by atoms with Crippen LogP contribution in [0.15, 0.2) is 48.5 Å². The molecule has 2 aromatic rings. The summed E-state index contributed by atoms with van der Waals surface area (Å²) in [4.78, 5) is 11.6. The first kappa shape index (κ1) is 17.9. The van der Waals surface area contributed by atoms with Crippen molar-refractivity contribution >= 4 is 6.09 Å². The van der Waals surface area contributed by atoms with Gasteiger partial charge >= 0.3 is 6.09 Å². The van der Waals surface area contributed by atoms with Crippen molar-refractivity contribution in [2.45, 2.75) is 39.7 Å². The third kappa shape index (κ3) is 5.95. The molecule has 0 spiro atoms. The second-order valence-electron chi connectivity index (χ2n) is 6.69. The number of carbonyl (C=O) groups is 1. The van der Waals surface area contributed by atoms with Crippen molar-refractivity contribution in [2.24, 2.45) is 0 Å². The van der Waals surface area contributed by atoms with E-state index in [1.165, 1.54) is 0 Å². The number of aryl methyl sites for hydroxylation is 1. The van der Waals surface area contributed by atoms with Crippen molar-refractivity contribution in [3.05, 3.63) is 59.7 Å². The second kappa shape index (κ2) is 7.86. The summed E-state index contributed by atoms with van der Waals surface area (Å²) < 4.78 is 11.1. The predicted octanol–water partition coefficient (Wildman–Crippen LogP) is 4.85. The number of nitrogens with one attached hydrogen (secondary N) is 1. The number of carbonyl (C=O) groups excluding carboxylic acids is 1. The van der Waals surface area contributed by atoms with E-state index in [4.69, 9.17) is 9.47 Å². The third-order valence-electron chi connectivity index (χ3n) is 3.29. The van der Waals surface area contributed by atoms with Gasteiger partial charge in [-0.25, -0.2) is 4.79 Å². The molecule has 0 aliphatic rings. The minimum Gasteiger partial charge on any atom is -0.457 e. The first-order valence-corrected chi connectivity index (χ1v) is 8.13. The highest BCUT2D eigenvalue weighted by Gasteiger charge is 2.15. The second-order valence-corrected chi connectivity index (χ2v) is 6.69. The van der Waals surface area contributed by atoms with Crippen LogP contribution in [0.1, 0.15) is 31.9 Å². The molecule has 0 radical (unpaired) electrons. The van der Waals surface area contributed by atoms with Crippen LogP contribution in [0.3, 0.4) is 0 Å². The monoisotopic (exact) mass is 327 g/mol. The number of ether oxygens (including phenoxy) is 2. The summed E-state index contributed by atoms with van der Waals surface area (Å²) in [5.41, 5.74) is 1.73. The van der Waals surface area contributed by atoms with Crippen molar-refractivity contribution < 1.29 is 14.3 Å². The third-order valence-corrected chi connectivity index (χ3v) is 3.29. The zero-order valence-electron chi connectivity index (χ0n) is 14.8. The van der Waals surface area contributed by atoms with Crippen LogP contribution in [0.25, 0.3) is 0 Å². The van der Waals surface area contributed by atoms with Crippen LogP contribution in [-0.2, 0) is 11.2 Å². The Morgan fingerprint density at radius 3 is 2.42 bits per heavy atom. The van der Waals surface area contributed by atoms with E-state index in [1.54, 1.807) is 0 Å². The van der Waals surface area contributed by atoms with Gasteiger partial charge in [0.2, 0.25) is 0 Å². The fourth-order valence-electron chi connectivity index (χ4n) is 2.22. The van der Waals surface area contributed by atoms with E-state index in [-0.39, 0.29) is 6.09 Å². The van der Waals surface area contributed by atoms with E-state index in [9.17, 15) is 4.79 Å². The molecule has 128 valence electrons. The van der Waals surface area contributed by atoms with Gasteiger partial charge in [-0.1, -0.05) is 30.3 Å². The van der Waals surface area contributed by atoms with Crippen LogP contribution in [0.4, 0.5) is 4.79 Å². The molecule has 0 atom stereocenters. The minimum absolute atomic E-state index is 0.386. The molecule has 2 aromatic carbocycles. The Hall–Kier alpha value is -2.49.